The number of aryl methyl sites for hydroxylation is 1. The summed E-state index contributed by atoms with van der Waals surface area (Å²) in [6.07, 6.45) is 2.68. The molecule has 1 unspecified atom stereocenters. The van der Waals surface area contributed by atoms with Crippen molar-refractivity contribution in [2.45, 2.75) is 39.2 Å². The lowest BCUT2D eigenvalue weighted by Gasteiger charge is -2.25. The molecule has 100 valence electrons. The third kappa shape index (κ3) is 3.69. The Morgan fingerprint density at radius 3 is 2.67 bits per heavy atom. The smallest absolute Gasteiger partial charge is 0.329 e. The zero-order valence-corrected chi connectivity index (χ0v) is 11.4. The van der Waals surface area contributed by atoms with Gasteiger partial charge in [0, 0.05) is 11.1 Å². The first kappa shape index (κ1) is 14.4. The summed E-state index contributed by atoms with van der Waals surface area (Å²) >= 11 is 1.33. The zero-order chi connectivity index (χ0) is 13.8. The van der Waals surface area contributed by atoms with Crippen LogP contribution in [0.1, 0.15) is 31.6 Å². The fourth-order valence-electron chi connectivity index (χ4n) is 1.51. The number of nitrogens with zero attached hydrogens (tertiary/aromatic N) is 1. The van der Waals surface area contributed by atoms with Crippen LogP contribution < -0.4 is 10.6 Å². The summed E-state index contributed by atoms with van der Waals surface area (Å²) in [6.45, 7) is 5.23. The van der Waals surface area contributed by atoms with Crippen LogP contribution in [-0.4, -0.2) is 27.6 Å². The largest absolute Gasteiger partial charge is 0.480 e. The summed E-state index contributed by atoms with van der Waals surface area (Å²) in [6, 6.07) is -0.553. The summed E-state index contributed by atoms with van der Waals surface area (Å²) in [5.41, 5.74) is -1.26. The van der Waals surface area contributed by atoms with Gasteiger partial charge in [0.15, 0.2) is 5.13 Å². The molecule has 0 bridgehead atoms. The van der Waals surface area contributed by atoms with Crippen molar-refractivity contribution in [2.75, 3.05) is 5.32 Å². The van der Waals surface area contributed by atoms with E-state index in [1.54, 1.807) is 6.20 Å². The number of anilines is 1. The molecular weight excluding hydrogens is 254 g/mol. The molecule has 6 nitrogen and oxygen atoms in total. The number of hydrogen-bond donors (Lipinski definition) is 3. The Kier molecular flexibility index (Phi) is 4.66. The van der Waals surface area contributed by atoms with Crippen molar-refractivity contribution < 1.29 is 14.7 Å². The maximum atomic E-state index is 11.7. The third-order valence-electron chi connectivity index (χ3n) is 2.45. The summed E-state index contributed by atoms with van der Waals surface area (Å²) < 4.78 is 0. The van der Waals surface area contributed by atoms with E-state index in [2.05, 4.69) is 15.6 Å². The molecule has 1 atom stereocenters. The van der Waals surface area contributed by atoms with Crippen LogP contribution >= 0.6 is 11.3 Å². The monoisotopic (exact) mass is 271 g/mol. The molecule has 1 rings (SSSR count). The van der Waals surface area contributed by atoms with E-state index in [9.17, 15) is 9.59 Å². The number of thiazole rings is 1. The second-order valence-electron chi connectivity index (χ2n) is 4.24. The molecule has 1 aromatic heterocycles. The zero-order valence-electron chi connectivity index (χ0n) is 10.6. The second kappa shape index (κ2) is 5.81. The highest BCUT2D eigenvalue weighted by Gasteiger charge is 2.33. The molecule has 1 heterocycles. The number of carboxylic acid groups (broad SMARTS) is 1. The van der Waals surface area contributed by atoms with Crippen LogP contribution in [0.4, 0.5) is 9.93 Å². The lowest BCUT2D eigenvalue weighted by Crippen LogP contribution is -2.53. The van der Waals surface area contributed by atoms with Gasteiger partial charge in [0.1, 0.15) is 5.54 Å². The van der Waals surface area contributed by atoms with Gasteiger partial charge in [0.25, 0.3) is 0 Å². The minimum atomic E-state index is -1.26. The number of nitrogens with one attached hydrogen (secondary N) is 2. The lowest BCUT2D eigenvalue weighted by molar-refractivity contribution is -0.143. The molecule has 2 amide bonds. The highest BCUT2D eigenvalue weighted by Crippen LogP contribution is 2.17. The van der Waals surface area contributed by atoms with Crippen molar-refractivity contribution in [2.24, 2.45) is 0 Å². The molecular formula is C11H17N3O3S. The first-order valence-electron chi connectivity index (χ1n) is 5.62. The van der Waals surface area contributed by atoms with Gasteiger partial charge >= 0.3 is 12.0 Å². The van der Waals surface area contributed by atoms with Crippen LogP contribution in [0.25, 0.3) is 0 Å². The van der Waals surface area contributed by atoms with Gasteiger partial charge in [-0.3, -0.25) is 5.32 Å². The molecule has 0 aliphatic heterocycles. The predicted molar refractivity (Wildman–Crippen MR) is 70.0 cm³/mol. The standard InChI is InChI=1S/C11H17N3O3S/c1-4-5-11(3,8(15)16)14-9(17)13-10-12-6-7(2)18-10/h6H,4-5H2,1-3H3,(H,15,16)(H2,12,13,14,17). The fraction of sp³-hybridized carbons (Fsp3) is 0.545. The third-order valence-corrected chi connectivity index (χ3v) is 3.28. The van der Waals surface area contributed by atoms with E-state index in [-0.39, 0.29) is 0 Å². The van der Waals surface area contributed by atoms with Gasteiger partial charge in [0.2, 0.25) is 0 Å². The maximum absolute atomic E-state index is 11.7. The van der Waals surface area contributed by atoms with E-state index in [4.69, 9.17) is 5.11 Å². The Bertz CT molecular complexity index is 446. The van der Waals surface area contributed by atoms with E-state index in [0.29, 0.717) is 18.0 Å². The van der Waals surface area contributed by atoms with Crippen molar-refractivity contribution in [1.29, 1.82) is 0 Å². The Morgan fingerprint density at radius 2 is 2.22 bits per heavy atom. The molecule has 0 fully saturated rings. The number of urea groups is 1. The minimum Gasteiger partial charge on any atom is -0.480 e. The Hall–Kier alpha value is -1.63. The summed E-state index contributed by atoms with van der Waals surface area (Å²) in [5.74, 6) is -1.05. The van der Waals surface area contributed by atoms with E-state index in [1.165, 1.54) is 18.3 Å². The first-order valence-corrected chi connectivity index (χ1v) is 6.44. The van der Waals surface area contributed by atoms with E-state index in [1.807, 2.05) is 13.8 Å². The van der Waals surface area contributed by atoms with Crippen molar-refractivity contribution in [3.8, 4) is 0 Å². The van der Waals surface area contributed by atoms with Gasteiger partial charge in [-0.05, 0) is 20.3 Å². The normalized spacial score (nSPS) is 13.7. The molecule has 18 heavy (non-hydrogen) atoms. The average molecular weight is 271 g/mol. The highest BCUT2D eigenvalue weighted by molar-refractivity contribution is 7.15. The van der Waals surface area contributed by atoms with Crippen LogP contribution in [-0.2, 0) is 4.79 Å². The Balaban J connectivity index is 2.65. The number of carboxylic acids is 1. The maximum Gasteiger partial charge on any atom is 0.329 e. The second-order valence-corrected chi connectivity index (χ2v) is 5.48. The SMILES string of the molecule is CCCC(C)(NC(=O)Nc1ncc(C)s1)C(=O)O. The molecule has 0 radical (unpaired) electrons. The quantitative estimate of drug-likeness (QED) is 0.765. The van der Waals surface area contributed by atoms with Crippen LogP contribution in [0.15, 0.2) is 6.20 Å². The van der Waals surface area contributed by atoms with E-state index >= 15 is 0 Å². The Labute approximate surface area is 109 Å². The lowest BCUT2D eigenvalue weighted by atomic mass is 9.97. The van der Waals surface area contributed by atoms with Gasteiger partial charge in [-0.1, -0.05) is 13.3 Å². The summed E-state index contributed by atoms with van der Waals surface area (Å²) in [4.78, 5) is 27.8. The van der Waals surface area contributed by atoms with E-state index < -0.39 is 17.5 Å². The number of carbonyl (C=O) groups excluding carboxylic acids is 1. The molecule has 0 saturated carbocycles. The molecule has 3 N–H and O–H groups in total. The number of amides is 2. The topological polar surface area (TPSA) is 91.3 Å². The number of aliphatic carboxylic acids is 1. The van der Waals surface area contributed by atoms with Gasteiger partial charge < -0.3 is 10.4 Å². The van der Waals surface area contributed by atoms with Gasteiger partial charge in [-0.15, -0.1) is 11.3 Å². The summed E-state index contributed by atoms with van der Waals surface area (Å²) in [5, 5.41) is 14.6. The molecule has 1 aromatic rings. The molecule has 0 aliphatic rings. The van der Waals surface area contributed by atoms with Crippen LogP contribution in [0.2, 0.25) is 0 Å². The van der Waals surface area contributed by atoms with Gasteiger partial charge in [-0.2, -0.15) is 0 Å². The first-order chi connectivity index (χ1) is 8.37. The minimum absolute atomic E-state index is 0.368. The summed E-state index contributed by atoms with van der Waals surface area (Å²) in [7, 11) is 0. The number of aromatic nitrogens is 1. The van der Waals surface area contributed by atoms with E-state index in [0.717, 1.165) is 4.88 Å². The van der Waals surface area contributed by atoms with Crippen molar-refractivity contribution >= 4 is 28.5 Å². The fourth-order valence-corrected chi connectivity index (χ4v) is 2.17. The van der Waals surface area contributed by atoms with Crippen LogP contribution in [0.3, 0.4) is 0 Å². The van der Waals surface area contributed by atoms with Gasteiger partial charge in [0.05, 0.1) is 0 Å². The van der Waals surface area contributed by atoms with Crippen LogP contribution in [0, 0.1) is 6.92 Å². The molecule has 0 aliphatic carbocycles. The average Bonchev–Trinajstić information content (AvgIpc) is 2.63. The molecule has 0 spiro atoms. The Morgan fingerprint density at radius 1 is 1.56 bits per heavy atom. The molecule has 0 aromatic carbocycles. The molecule has 0 saturated heterocycles. The van der Waals surface area contributed by atoms with Crippen LogP contribution in [0.5, 0.6) is 0 Å². The highest BCUT2D eigenvalue weighted by atomic mass is 32.1. The number of carbonyl (C=O) groups is 2. The van der Waals surface area contributed by atoms with Crippen molar-refractivity contribution in [3.05, 3.63) is 11.1 Å². The number of rotatable bonds is 5. The molecule has 7 heteroatoms. The van der Waals surface area contributed by atoms with Gasteiger partial charge in [-0.25, -0.2) is 14.6 Å². The van der Waals surface area contributed by atoms with Crippen molar-refractivity contribution in [1.82, 2.24) is 10.3 Å². The number of hydrogen-bond acceptors (Lipinski definition) is 4. The predicted octanol–water partition coefficient (Wildman–Crippen LogP) is 2.22. The van der Waals surface area contributed by atoms with Crippen molar-refractivity contribution in [3.63, 3.8) is 0 Å².